The zero-order valence-electron chi connectivity index (χ0n) is 15.5. The highest BCUT2D eigenvalue weighted by molar-refractivity contribution is 6.50. The molecule has 29 heavy (non-hydrogen) atoms. The molecule has 0 spiro atoms. The van der Waals surface area contributed by atoms with Gasteiger partial charge in [-0.1, -0.05) is 18.2 Å². The minimum absolute atomic E-state index is 0.353. The summed E-state index contributed by atoms with van der Waals surface area (Å²) in [4.78, 5) is 28.8. The predicted octanol–water partition coefficient (Wildman–Crippen LogP) is 2.23. The van der Waals surface area contributed by atoms with Crippen LogP contribution < -0.4 is 16.8 Å². The van der Waals surface area contributed by atoms with E-state index in [-0.39, 0.29) is 0 Å². The van der Waals surface area contributed by atoms with Gasteiger partial charge in [0.15, 0.2) is 0 Å². The summed E-state index contributed by atoms with van der Waals surface area (Å²) < 4.78 is 1.99. The summed E-state index contributed by atoms with van der Waals surface area (Å²) in [5.74, 6) is -0.817. The van der Waals surface area contributed by atoms with Crippen LogP contribution in [0.15, 0.2) is 54.9 Å². The first kappa shape index (κ1) is 17.3. The second-order valence-electron chi connectivity index (χ2n) is 7.08. The van der Waals surface area contributed by atoms with Gasteiger partial charge in [0.05, 0.1) is 11.1 Å². The lowest BCUT2D eigenvalue weighted by molar-refractivity contribution is -0.122. The molecule has 0 bridgehead atoms. The van der Waals surface area contributed by atoms with Crippen LogP contribution in [0.5, 0.6) is 0 Å². The van der Waals surface area contributed by atoms with E-state index in [1.165, 1.54) is 0 Å². The molecule has 144 valence electrons. The number of nitrogens with two attached hydrogens (primary N) is 2. The normalized spacial score (nSPS) is 14.4. The Morgan fingerprint density at radius 2 is 1.69 bits per heavy atom. The number of benzene rings is 2. The third-order valence-electron chi connectivity index (χ3n) is 5.33. The van der Waals surface area contributed by atoms with Gasteiger partial charge in [-0.05, 0) is 24.3 Å². The Bertz CT molecular complexity index is 1340. The van der Waals surface area contributed by atoms with Crippen LogP contribution in [0.3, 0.4) is 0 Å². The number of amides is 2. The van der Waals surface area contributed by atoms with E-state index in [0.717, 1.165) is 21.8 Å². The molecule has 0 saturated heterocycles. The van der Waals surface area contributed by atoms with Crippen molar-refractivity contribution in [2.24, 2.45) is 5.73 Å². The maximum atomic E-state index is 12.9. The van der Waals surface area contributed by atoms with Crippen LogP contribution in [0.4, 0.5) is 5.69 Å². The second-order valence-corrected chi connectivity index (χ2v) is 7.08. The number of anilines is 1. The van der Waals surface area contributed by atoms with Crippen molar-refractivity contribution in [1.82, 2.24) is 14.9 Å². The van der Waals surface area contributed by atoms with Crippen LogP contribution in [0.25, 0.3) is 33.0 Å². The molecule has 0 saturated carbocycles. The van der Waals surface area contributed by atoms with E-state index in [9.17, 15) is 9.59 Å². The Kier molecular flexibility index (Phi) is 3.78. The summed E-state index contributed by atoms with van der Waals surface area (Å²) >= 11 is 0. The van der Waals surface area contributed by atoms with E-state index >= 15 is 0 Å². The molecule has 7 heteroatoms. The number of H-pyrrole nitrogens is 1. The number of hydrogen-bond donors (Lipinski definition) is 4. The SMILES string of the molecule is NCCn1cc(C2=C(c3c[nH]c4ccccc34)C(=O)NC2=O)c2cc(N)ccc21. The largest absolute Gasteiger partial charge is 0.399 e. The standard InChI is InChI=1S/C22H19N5O2/c23-7-8-27-11-16(14-9-12(24)5-6-18(14)27)20-19(21(28)26-22(20)29)15-10-25-17-4-2-1-3-13(15)17/h1-6,9-11,25H,7-8,23-24H2,(H,26,28,29). The van der Waals surface area contributed by atoms with E-state index in [1.54, 1.807) is 6.20 Å². The molecule has 0 fully saturated rings. The lowest BCUT2D eigenvalue weighted by Crippen LogP contribution is -2.22. The smallest absolute Gasteiger partial charge is 0.259 e. The van der Waals surface area contributed by atoms with Gasteiger partial charge in [-0.15, -0.1) is 0 Å². The van der Waals surface area contributed by atoms with Crippen LogP contribution in [0.2, 0.25) is 0 Å². The van der Waals surface area contributed by atoms with E-state index in [2.05, 4.69) is 10.3 Å². The molecular weight excluding hydrogens is 366 g/mol. The molecule has 0 unspecified atom stereocenters. The molecule has 0 radical (unpaired) electrons. The molecule has 0 aliphatic carbocycles. The Labute approximate surface area is 166 Å². The van der Waals surface area contributed by atoms with E-state index in [1.807, 2.05) is 53.2 Å². The molecule has 7 nitrogen and oxygen atoms in total. The zero-order valence-corrected chi connectivity index (χ0v) is 15.5. The molecule has 5 rings (SSSR count). The summed E-state index contributed by atoms with van der Waals surface area (Å²) in [5, 5.41) is 4.16. The third-order valence-corrected chi connectivity index (χ3v) is 5.33. The first-order chi connectivity index (χ1) is 14.1. The highest BCUT2D eigenvalue weighted by atomic mass is 16.2. The van der Waals surface area contributed by atoms with Crippen LogP contribution in [-0.4, -0.2) is 27.9 Å². The number of rotatable bonds is 4. The van der Waals surface area contributed by atoms with Gasteiger partial charge in [0.2, 0.25) is 0 Å². The summed E-state index contributed by atoms with van der Waals surface area (Å²) in [6.07, 6.45) is 3.64. The number of aromatic amines is 1. The molecule has 0 atom stereocenters. The lowest BCUT2D eigenvalue weighted by Gasteiger charge is -2.03. The molecule has 4 aromatic rings. The number of nitrogens with zero attached hydrogens (tertiary/aromatic N) is 1. The Morgan fingerprint density at radius 1 is 0.931 bits per heavy atom. The van der Waals surface area contributed by atoms with Crippen molar-refractivity contribution in [3.8, 4) is 0 Å². The minimum Gasteiger partial charge on any atom is -0.399 e. The van der Waals surface area contributed by atoms with Crippen molar-refractivity contribution in [1.29, 1.82) is 0 Å². The molecule has 1 aliphatic rings. The number of nitrogens with one attached hydrogen (secondary N) is 2. The third kappa shape index (κ3) is 2.55. The fourth-order valence-corrected chi connectivity index (χ4v) is 4.09. The Balaban J connectivity index is 1.84. The van der Waals surface area contributed by atoms with E-state index in [4.69, 9.17) is 11.5 Å². The number of carbonyl (C=O) groups excluding carboxylic acids is 2. The maximum absolute atomic E-state index is 12.9. The summed E-state index contributed by atoms with van der Waals surface area (Å²) in [5.41, 5.74) is 16.3. The Morgan fingerprint density at radius 3 is 2.48 bits per heavy atom. The topological polar surface area (TPSA) is 119 Å². The quantitative estimate of drug-likeness (QED) is 0.318. The molecular formula is C22H19N5O2. The summed E-state index contributed by atoms with van der Waals surface area (Å²) in [6, 6.07) is 13.2. The number of fused-ring (bicyclic) bond motifs is 2. The summed E-state index contributed by atoms with van der Waals surface area (Å²) in [7, 11) is 0. The predicted molar refractivity (Wildman–Crippen MR) is 114 cm³/mol. The Hall–Kier alpha value is -3.84. The highest BCUT2D eigenvalue weighted by Gasteiger charge is 2.35. The average molecular weight is 385 g/mol. The molecule has 3 heterocycles. The first-order valence-corrected chi connectivity index (χ1v) is 9.33. The van der Waals surface area contributed by atoms with Crippen molar-refractivity contribution in [3.63, 3.8) is 0 Å². The number of carbonyl (C=O) groups is 2. The van der Waals surface area contributed by atoms with Crippen molar-refractivity contribution in [2.45, 2.75) is 6.54 Å². The van der Waals surface area contributed by atoms with E-state index in [0.29, 0.717) is 41.1 Å². The van der Waals surface area contributed by atoms with Crippen molar-refractivity contribution < 1.29 is 9.59 Å². The molecule has 2 aromatic heterocycles. The molecule has 2 aromatic carbocycles. The van der Waals surface area contributed by atoms with Gasteiger partial charge in [-0.3, -0.25) is 14.9 Å². The first-order valence-electron chi connectivity index (χ1n) is 9.33. The van der Waals surface area contributed by atoms with Gasteiger partial charge >= 0.3 is 0 Å². The van der Waals surface area contributed by atoms with Crippen LogP contribution in [0.1, 0.15) is 11.1 Å². The average Bonchev–Trinajstić information content (AvgIpc) is 3.35. The monoisotopic (exact) mass is 385 g/mol. The maximum Gasteiger partial charge on any atom is 0.259 e. The molecule has 2 amide bonds. The fourth-order valence-electron chi connectivity index (χ4n) is 4.09. The molecule has 6 N–H and O–H groups in total. The zero-order chi connectivity index (χ0) is 20.1. The van der Waals surface area contributed by atoms with Crippen molar-refractivity contribution >= 4 is 50.5 Å². The molecule has 1 aliphatic heterocycles. The highest BCUT2D eigenvalue weighted by Crippen LogP contribution is 2.38. The van der Waals surface area contributed by atoms with Crippen LogP contribution >= 0.6 is 0 Å². The fraction of sp³-hybridized carbons (Fsp3) is 0.0909. The van der Waals surface area contributed by atoms with E-state index < -0.39 is 11.8 Å². The van der Waals surface area contributed by atoms with Crippen LogP contribution in [0, 0.1) is 0 Å². The van der Waals surface area contributed by atoms with Gasteiger partial charge in [0.25, 0.3) is 11.8 Å². The number of imide groups is 1. The number of aromatic nitrogens is 2. The van der Waals surface area contributed by atoms with Crippen LogP contribution in [-0.2, 0) is 16.1 Å². The van der Waals surface area contributed by atoms with Gasteiger partial charge in [-0.25, -0.2) is 0 Å². The number of nitrogen functional groups attached to an aromatic ring is 1. The van der Waals surface area contributed by atoms with Gasteiger partial charge < -0.3 is 21.0 Å². The van der Waals surface area contributed by atoms with Gasteiger partial charge in [0, 0.05) is 64.1 Å². The summed E-state index contributed by atoms with van der Waals surface area (Å²) in [6.45, 7) is 1.04. The van der Waals surface area contributed by atoms with Crippen molar-refractivity contribution in [2.75, 3.05) is 12.3 Å². The van der Waals surface area contributed by atoms with Gasteiger partial charge in [-0.2, -0.15) is 0 Å². The van der Waals surface area contributed by atoms with Gasteiger partial charge in [0.1, 0.15) is 0 Å². The minimum atomic E-state index is -0.412. The number of para-hydroxylation sites is 1. The number of hydrogen-bond acceptors (Lipinski definition) is 4. The van der Waals surface area contributed by atoms with Crippen molar-refractivity contribution in [3.05, 3.63) is 66.0 Å². The lowest BCUT2D eigenvalue weighted by atomic mass is 9.95. The second kappa shape index (κ2) is 6.35.